The molecule has 3 aliphatic rings. The number of hydrogen-bond acceptors (Lipinski definition) is 3. The average Bonchev–Trinajstić information content (AvgIpc) is 2.82. The van der Waals surface area contributed by atoms with E-state index >= 15 is 0 Å². The second-order valence-corrected chi connectivity index (χ2v) is 11.6. The van der Waals surface area contributed by atoms with E-state index in [9.17, 15) is 13.2 Å². The van der Waals surface area contributed by atoms with Crippen molar-refractivity contribution >= 4 is 15.7 Å². The van der Waals surface area contributed by atoms with Crippen LogP contribution in [0.4, 0.5) is 0 Å². The largest absolute Gasteiger partial charge is 0.352 e. The Balaban J connectivity index is 1.43. The first-order valence-electron chi connectivity index (χ1n) is 11.2. The zero-order valence-electron chi connectivity index (χ0n) is 18.3. The smallest absolute Gasteiger partial charge is 0.252 e. The SMILES string of the molecule is CC(C)S(=O)(=O)c1ccccc1C(=O)NCC1CC2c3ccccc3C1c1ccccc12. The first kappa shape index (κ1) is 21.0. The number of sulfone groups is 1. The highest BCUT2D eigenvalue weighted by molar-refractivity contribution is 7.92. The Morgan fingerprint density at radius 3 is 2.00 bits per heavy atom. The Bertz CT molecular complexity index is 1250. The van der Waals surface area contributed by atoms with Crippen molar-refractivity contribution in [3.05, 3.63) is 101 Å². The van der Waals surface area contributed by atoms with Gasteiger partial charge in [0.05, 0.1) is 15.7 Å². The van der Waals surface area contributed by atoms with Gasteiger partial charge in [0.2, 0.25) is 0 Å². The molecular formula is C27H27NO3S. The topological polar surface area (TPSA) is 63.2 Å². The molecule has 0 spiro atoms. The van der Waals surface area contributed by atoms with Gasteiger partial charge >= 0.3 is 0 Å². The number of amides is 1. The standard InChI is InChI=1S/C27H27NO3S/c1-17(2)32(30,31)25-14-8-7-13-23(25)27(29)28-16-18-15-24-19-9-3-5-11-21(19)26(18)22-12-6-4-10-20(22)24/h3-14,17-18,24,26H,15-16H2,1-2H3,(H,28,29). The van der Waals surface area contributed by atoms with Gasteiger partial charge in [-0.15, -0.1) is 0 Å². The average molecular weight is 446 g/mol. The Hall–Kier alpha value is -2.92. The van der Waals surface area contributed by atoms with E-state index in [4.69, 9.17) is 0 Å². The second-order valence-electron chi connectivity index (χ2n) is 9.08. The molecule has 0 aliphatic heterocycles. The molecule has 1 N–H and O–H groups in total. The lowest BCUT2D eigenvalue weighted by Gasteiger charge is -2.45. The lowest BCUT2D eigenvalue weighted by Crippen LogP contribution is -2.39. The van der Waals surface area contributed by atoms with Gasteiger partial charge in [0.15, 0.2) is 9.84 Å². The lowest BCUT2D eigenvalue weighted by molar-refractivity contribution is 0.0939. The highest BCUT2D eigenvalue weighted by Gasteiger charge is 2.43. The van der Waals surface area contributed by atoms with Gasteiger partial charge in [-0.25, -0.2) is 8.42 Å². The lowest BCUT2D eigenvalue weighted by atomic mass is 9.59. The van der Waals surface area contributed by atoms with Crippen LogP contribution < -0.4 is 5.32 Å². The van der Waals surface area contributed by atoms with Crippen LogP contribution in [0.1, 0.15) is 64.7 Å². The molecule has 0 saturated carbocycles. The van der Waals surface area contributed by atoms with Crippen molar-refractivity contribution in [1.29, 1.82) is 0 Å². The van der Waals surface area contributed by atoms with Crippen LogP contribution in [0.5, 0.6) is 0 Å². The molecule has 1 atom stereocenters. The molecule has 164 valence electrons. The van der Waals surface area contributed by atoms with Crippen LogP contribution >= 0.6 is 0 Å². The van der Waals surface area contributed by atoms with Crippen molar-refractivity contribution in [2.45, 2.75) is 42.2 Å². The predicted octanol–water partition coefficient (Wildman–Crippen LogP) is 4.90. The van der Waals surface area contributed by atoms with E-state index in [0.717, 1.165) is 6.42 Å². The molecule has 0 saturated heterocycles. The highest BCUT2D eigenvalue weighted by Crippen LogP contribution is 2.55. The minimum Gasteiger partial charge on any atom is -0.352 e. The number of benzene rings is 3. The predicted molar refractivity (Wildman–Crippen MR) is 126 cm³/mol. The van der Waals surface area contributed by atoms with E-state index in [0.29, 0.717) is 12.5 Å². The third-order valence-electron chi connectivity index (χ3n) is 7.01. The van der Waals surface area contributed by atoms with Crippen molar-refractivity contribution in [3.8, 4) is 0 Å². The van der Waals surface area contributed by atoms with Crippen LogP contribution in [-0.2, 0) is 9.84 Å². The highest BCUT2D eigenvalue weighted by atomic mass is 32.2. The van der Waals surface area contributed by atoms with Gasteiger partial charge in [-0.2, -0.15) is 0 Å². The fourth-order valence-electron chi connectivity index (χ4n) is 5.44. The summed E-state index contributed by atoms with van der Waals surface area (Å²) in [5.74, 6) is 0.515. The van der Waals surface area contributed by atoms with Crippen LogP contribution in [0, 0.1) is 5.92 Å². The maximum absolute atomic E-state index is 13.1. The fourth-order valence-corrected chi connectivity index (χ4v) is 6.68. The molecule has 3 aromatic carbocycles. The van der Waals surface area contributed by atoms with Crippen LogP contribution in [0.25, 0.3) is 0 Å². The molecule has 3 aliphatic carbocycles. The van der Waals surface area contributed by atoms with Gasteiger partial charge in [-0.1, -0.05) is 60.7 Å². The van der Waals surface area contributed by atoms with Crippen molar-refractivity contribution in [3.63, 3.8) is 0 Å². The molecule has 0 aromatic heterocycles. The van der Waals surface area contributed by atoms with Gasteiger partial charge in [-0.3, -0.25) is 4.79 Å². The first-order chi connectivity index (χ1) is 15.4. The molecule has 4 nitrogen and oxygen atoms in total. The maximum atomic E-state index is 13.1. The summed E-state index contributed by atoms with van der Waals surface area (Å²) >= 11 is 0. The summed E-state index contributed by atoms with van der Waals surface area (Å²) in [6.45, 7) is 3.79. The quantitative estimate of drug-likeness (QED) is 0.608. The van der Waals surface area contributed by atoms with E-state index in [1.165, 1.54) is 28.3 Å². The molecule has 2 bridgehead atoms. The van der Waals surface area contributed by atoms with Gasteiger partial charge in [0, 0.05) is 18.4 Å². The Labute approximate surface area is 189 Å². The molecule has 1 amide bonds. The van der Waals surface area contributed by atoms with Crippen LogP contribution in [-0.4, -0.2) is 26.1 Å². The summed E-state index contributed by atoms with van der Waals surface area (Å²) in [5, 5.41) is 2.48. The minimum absolute atomic E-state index is 0.105. The summed E-state index contributed by atoms with van der Waals surface area (Å²) in [5.41, 5.74) is 5.72. The van der Waals surface area contributed by atoms with Crippen molar-refractivity contribution in [1.82, 2.24) is 5.32 Å². The van der Waals surface area contributed by atoms with E-state index in [1.807, 2.05) is 0 Å². The van der Waals surface area contributed by atoms with Crippen molar-refractivity contribution in [2.75, 3.05) is 6.54 Å². The normalized spacial score (nSPS) is 21.2. The fraction of sp³-hybridized carbons (Fsp3) is 0.296. The molecule has 5 heteroatoms. The van der Waals surface area contributed by atoms with Gasteiger partial charge < -0.3 is 5.32 Å². The monoisotopic (exact) mass is 445 g/mol. The summed E-state index contributed by atoms with van der Waals surface area (Å²) in [6.07, 6.45) is 0.977. The summed E-state index contributed by atoms with van der Waals surface area (Å²) in [6, 6.07) is 23.8. The number of hydrogen-bond donors (Lipinski definition) is 1. The molecular weight excluding hydrogens is 418 g/mol. The van der Waals surface area contributed by atoms with Gasteiger partial charge in [0.25, 0.3) is 5.91 Å². The number of carbonyl (C=O) groups excluding carboxylic acids is 1. The molecule has 3 aromatic rings. The van der Waals surface area contributed by atoms with Crippen LogP contribution in [0.2, 0.25) is 0 Å². The zero-order valence-corrected chi connectivity index (χ0v) is 19.1. The minimum atomic E-state index is -3.54. The zero-order chi connectivity index (χ0) is 22.5. The molecule has 6 rings (SSSR count). The molecule has 32 heavy (non-hydrogen) atoms. The Morgan fingerprint density at radius 1 is 0.875 bits per heavy atom. The van der Waals surface area contributed by atoms with Crippen LogP contribution in [0.3, 0.4) is 0 Å². The Morgan fingerprint density at radius 2 is 1.41 bits per heavy atom. The van der Waals surface area contributed by atoms with E-state index < -0.39 is 15.1 Å². The number of carbonyl (C=O) groups is 1. The maximum Gasteiger partial charge on any atom is 0.252 e. The number of fused-ring (bicyclic) bond motifs is 1. The first-order valence-corrected chi connectivity index (χ1v) is 12.7. The summed E-state index contributed by atoms with van der Waals surface area (Å²) in [4.78, 5) is 13.2. The number of nitrogens with one attached hydrogen (secondary N) is 1. The molecule has 0 fully saturated rings. The molecule has 0 heterocycles. The number of rotatable bonds is 5. The van der Waals surface area contributed by atoms with E-state index in [-0.39, 0.29) is 28.2 Å². The Kier molecular flexibility index (Phi) is 5.17. The van der Waals surface area contributed by atoms with Gasteiger partial charge in [-0.05, 0) is 60.6 Å². The summed E-state index contributed by atoms with van der Waals surface area (Å²) < 4.78 is 25.5. The van der Waals surface area contributed by atoms with E-state index in [1.54, 1.807) is 32.0 Å². The molecule has 0 radical (unpaired) electrons. The molecule has 1 unspecified atom stereocenters. The third kappa shape index (κ3) is 3.27. The third-order valence-corrected chi connectivity index (χ3v) is 9.22. The van der Waals surface area contributed by atoms with Gasteiger partial charge in [0.1, 0.15) is 0 Å². The second kappa shape index (κ2) is 7.89. The van der Waals surface area contributed by atoms with E-state index in [2.05, 4.69) is 53.8 Å². The van der Waals surface area contributed by atoms with Crippen molar-refractivity contribution < 1.29 is 13.2 Å². The van der Waals surface area contributed by atoms with Crippen LogP contribution in [0.15, 0.2) is 77.7 Å². The van der Waals surface area contributed by atoms with Crippen molar-refractivity contribution in [2.24, 2.45) is 5.92 Å². The summed E-state index contributed by atoms with van der Waals surface area (Å²) in [7, 11) is -3.54.